The highest BCUT2D eigenvalue weighted by atomic mass is 32.2. The van der Waals surface area contributed by atoms with Gasteiger partial charge in [0.15, 0.2) is 0 Å². The van der Waals surface area contributed by atoms with Gasteiger partial charge in [-0.15, -0.1) is 0 Å². The zero-order chi connectivity index (χ0) is 21.3. The van der Waals surface area contributed by atoms with E-state index >= 15 is 0 Å². The minimum absolute atomic E-state index is 0.118. The molecule has 0 aromatic carbocycles. The highest BCUT2D eigenvalue weighted by Crippen LogP contribution is 2.25. The van der Waals surface area contributed by atoms with Gasteiger partial charge in [0.25, 0.3) is 0 Å². The Labute approximate surface area is 156 Å². The van der Waals surface area contributed by atoms with Gasteiger partial charge in [-0.1, -0.05) is 6.58 Å². The first kappa shape index (κ1) is 26.0. The molecule has 0 amide bonds. The Balaban J connectivity index is 4.47. The fraction of sp³-hybridized carbons (Fsp3) is 0.750. The van der Waals surface area contributed by atoms with Crippen LogP contribution in [-0.2, 0) is 10.0 Å². The minimum atomic E-state index is -4.74. The number of sulfonamides is 1. The lowest BCUT2D eigenvalue weighted by atomic mass is 10.1. The summed E-state index contributed by atoms with van der Waals surface area (Å²) in [5.41, 5.74) is 0. The molecule has 0 saturated carbocycles. The molecular formula is C16H27F5N2O3S. The number of unbranched alkanes of at least 4 members (excludes halogenated alkanes) is 1. The van der Waals surface area contributed by atoms with Crippen LogP contribution in [0.4, 0.5) is 22.0 Å². The first-order valence-corrected chi connectivity index (χ1v) is 9.96. The molecule has 0 bridgehead atoms. The maximum Gasteiger partial charge on any atom is 0.395 e. The van der Waals surface area contributed by atoms with Crippen molar-refractivity contribution < 1.29 is 35.5 Å². The summed E-state index contributed by atoms with van der Waals surface area (Å²) in [5.74, 6) is -2.37. The lowest BCUT2D eigenvalue weighted by Gasteiger charge is -2.20. The van der Waals surface area contributed by atoms with Crippen LogP contribution in [0.1, 0.15) is 46.0 Å². The number of allylic oxidation sites excluding steroid dienone is 1. The van der Waals surface area contributed by atoms with E-state index in [1.54, 1.807) is 0 Å². The highest BCUT2D eigenvalue weighted by molar-refractivity contribution is 7.90. The van der Waals surface area contributed by atoms with E-state index in [-0.39, 0.29) is 13.0 Å². The number of alkyl halides is 3. The highest BCUT2D eigenvalue weighted by Gasteiger charge is 2.29. The lowest BCUT2D eigenvalue weighted by molar-refractivity contribution is -0.130. The van der Waals surface area contributed by atoms with E-state index in [0.717, 1.165) is 0 Å². The third-order valence-electron chi connectivity index (χ3n) is 3.43. The van der Waals surface area contributed by atoms with Crippen LogP contribution in [0.3, 0.4) is 0 Å². The topological polar surface area (TPSA) is 78.4 Å². The van der Waals surface area contributed by atoms with Gasteiger partial charge in [-0.2, -0.15) is 13.2 Å². The molecule has 0 aliphatic rings. The molecule has 0 aromatic rings. The average molecular weight is 422 g/mol. The molecule has 3 N–H and O–H groups in total. The van der Waals surface area contributed by atoms with Crippen molar-refractivity contribution in [2.24, 2.45) is 0 Å². The first-order chi connectivity index (χ1) is 12.2. The summed E-state index contributed by atoms with van der Waals surface area (Å²) in [6.45, 7) is 6.20. The van der Waals surface area contributed by atoms with E-state index in [0.29, 0.717) is 18.9 Å². The third kappa shape index (κ3) is 13.7. The molecule has 0 saturated heterocycles. The Kier molecular flexibility index (Phi) is 11.3. The van der Waals surface area contributed by atoms with Gasteiger partial charge < -0.3 is 5.11 Å². The lowest BCUT2D eigenvalue weighted by Crippen LogP contribution is -2.37. The summed E-state index contributed by atoms with van der Waals surface area (Å²) in [6.07, 6.45) is -6.76. The number of halogens is 5. The van der Waals surface area contributed by atoms with Crippen molar-refractivity contribution in [2.75, 3.05) is 6.54 Å². The maximum atomic E-state index is 13.4. The summed E-state index contributed by atoms with van der Waals surface area (Å²) >= 11 is 0. The quantitative estimate of drug-likeness (QED) is 0.241. The largest absolute Gasteiger partial charge is 0.395 e. The van der Waals surface area contributed by atoms with Crippen molar-refractivity contribution in [2.45, 2.75) is 69.6 Å². The summed E-state index contributed by atoms with van der Waals surface area (Å²) < 4.78 is 88.3. The summed E-state index contributed by atoms with van der Waals surface area (Å²) in [4.78, 5) is 0. The van der Waals surface area contributed by atoms with E-state index in [9.17, 15) is 35.5 Å². The second-order valence-corrected chi connectivity index (χ2v) is 8.72. The molecule has 0 aliphatic carbocycles. The van der Waals surface area contributed by atoms with Gasteiger partial charge in [0.2, 0.25) is 10.0 Å². The van der Waals surface area contributed by atoms with Crippen molar-refractivity contribution >= 4 is 10.0 Å². The van der Waals surface area contributed by atoms with Crippen molar-refractivity contribution in [3.05, 3.63) is 24.3 Å². The molecule has 2 unspecified atom stereocenters. The van der Waals surface area contributed by atoms with Crippen LogP contribution in [0.2, 0.25) is 0 Å². The molecule has 0 fully saturated rings. The van der Waals surface area contributed by atoms with Crippen molar-refractivity contribution in [1.29, 1.82) is 0 Å². The molecule has 0 radical (unpaired) electrons. The van der Waals surface area contributed by atoms with E-state index in [1.807, 2.05) is 0 Å². The van der Waals surface area contributed by atoms with Crippen LogP contribution in [-0.4, -0.2) is 43.8 Å². The predicted octanol–water partition coefficient (Wildman–Crippen LogP) is 3.44. The Morgan fingerprint density at radius 3 is 2.30 bits per heavy atom. The van der Waals surface area contributed by atoms with Gasteiger partial charge in [-0.25, -0.2) is 21.9 Å². The number of rotatable bonds is 13. The van der Waals surface area contributed by atoms with E-state index in [1.165, 1.54) is 13.8 Å². The molecular weight excluding hydrogens is 395 g/mol. The molecule has 0 heterocycles. The van der Waals surface area contributed by atoms with Crippen molar-refractivity contribution in [3.63, 3.8) is 0 Å². The van der Waals surface area contributed by atoms with Crippen molar-refractivity contribution in [1.82, 2.24) is 10.0 Å². The smallest absolute Gasteiger partial charge is 0.379 e. The van der Waals surface area contributed by atoms with Crippen LogP contribution in [0.5, 0.6) is 0 Å². The monoisotopic (exact) mass is 422 g/mol. The van der Waals surface area contributed by atoms with Crippen LogP contribution < -0.4 is 10.0 Å². The standard InChI is InChI=1S/C16H27F5N2O3S/c1-11(2)27(25,26)22-7-5-4-6-15(24)23-14(8-12(3)17)9-13(18)10-16(19,20)21/h9,11,14-15,22-24H,3-8,10H2,1-2H3/b13-9+. The van der Waals surface area contributed by atoms with Crippen molar-refractivity contribution in [3.8, 4) is 0 Å². The molecule has 11 heteroatoms. The predicted molar refractivity (Wildman–Crippen MR) is 93.6 cm³/mol. The Bertz CT molecular complexity index is 591. The summed E-state index contributed by atoms with van der Waals surface area (Å²) in [7, 11) is -3.38. The SMILES string of the molecule is C=C(F)CC(/C=C(/F)CC(F)(F)F)NC(O)CCCCNS(=O)(=O)C(C)C. The molecule has 0 aromatic heterocycles. The van der Waals surface area contributed by atoms with Gasteiger partial charge >= 0.3 is 6.18 Å². The summed E-state index contributed by atoms with van der Waals surface area (Å²) in [6, 6.07) is -1.20. The van der Waals surface area contributed by atoms with Crippen LogP contribution >= 0.6 is 0 Å². The second kappa shape index (κ2) is 11.7. The number of hydrogen-bond donors (Lipinski definition) is 3. The van der Waals surface area contributed by atoms with E-state index < -0.39 is 58.2 Å². The van der Waals surface area contributed by atoms with Crippen LogP contribution in [0, 0.1) is 0 Å². The molecule has 2 atom stereocenters. The fourth-order valence-electron chi connectivity index (χ4n) is 2.05. The van der Waals surface area contributed by atoms with E-state index in [4.69, 9.17) is 0 Å². The van der Waals surface area contributed by atoms with Gasteiger partial charge in [0.05, 0.1) is 17.5 Å². The molecule has 5 nitrogen and oxygen atoms in total. The first-order valence-electron chi connectivity index (χ1n) is 8.41. The zero-order valence-electron chi connectivity index (χ0n) is 15.3. The Morgan fingerprint density at radius 2 is 1.81 bits per heavy atom. The zero-order valence-corrected chi connectivity index (χ0v) is 16.1. The maximum absolute atomic E-state index is 13.4. The normalized spacial score (nSPS) is 15.8. The summed E-state index contributed by atoms with van der Waals surface area (Å²) in [5, 5.41) is 11.7. The third-order valence-corrected chi connectivity index (χ3v) is 5.28. The van der Waals surface area contributed by atoms with Gasteiger partial charge in [-0.3, -0.25) is 5.32 Å². The molecule has 0 spiro atoms. The van der Waals surface area contributed by atoms with Gasteiger partial charge in [0, 0.05) is 19.0 Å². The second-order valence-electron chi connectivity index (χ2n) is 6.40. The van der Waals surface area contributed by atoms with Crippen LogP contribution in [0.15, 0.2) is 24.3 Å². The number of nitrogens with one attached hydrogen (secondary N) is 2. The molecule has 27 heavy (non-hydrogen) atoms. The fourth-order valence-corrected chi connectivity index (χ4v) is 2.81. The molecule has 0 rings (SSSR count). The Morgan fingerprint density at radius 1 is 1.22 bits per heavy atom. The number of aliphatic hydroxyl groups excluding tert-OH is 1. The van der Waals surface area contributed by atoms with Crippen LogP contribution in [0.25, 0.3) is 0 Å². The van der Waals surface area contributed by atoms with Gasteiger partial charge in [0.1, 0.15) is 12.1 Å². The molecule has 0 aliphatic heterocycles. The van der Waals surface area contributed by atoms with E-state index in [2.05, 4.69) is 16.6 Å². The average Bonchev–Trinajstić information content (AvgIpc) is 2.43. The Hall–Kier alpha value is -1.04. The number of aliphatic hydroxyl groups is 1. The minimum Gasteiger partial charge on any atom is -0.379 e. The van der Waals surface area contributed by atoms with Gasteiger partial charge in [-0.05, 0) is 39.2 Å². The molecule has 160 valence electrons. The number of hydrogen-bond acceptors (Lipinski definition) is 4.